The molecule has 0 aromatic heterocycles. The molecule has 1 fully saturated rings. The first-order chi connectivity index (χ1) is 5.22. The van der Waals surface area contributed by atoms with Crippen LogP contribution in [0.15, 0.2) is 12.3 Å². The second kappa shape index (κ2) is 2.42. The topological polar surface area (TPSA) is 38.7 Å². The summed E-state index contributed by atoms with van der Waals surface area (Å²) in [6, 6.07) is 0. The summed E-state index contributed by atoms with van der Waals surface area (Å²) in [6.45, 7) is 11.1. The highest BCUT2D eigenvalue weighted by molar-refractivity contribution is 6.65. The minimum atomic E-state index is -3.07. The van der Waals surface area contributed by atoms with E-state index in [1.807, 2.05) is 27.7 Å². The molecule has 1 heterocycles. The predicted octanol–water partition coefficient (Wildman–Crippen LogP) is 1.25. The zero-order valence-electron chi connectivity index (χ0n) is 8.05. The molecule has 70 valence electrons. The monoisotopic (exact) mass is 188 g/mol. The van der Waals surface area contributed by atoms with Crippen LogP contribution in [0.3, 0.4) is 0 Å². The molecule has 0 bridgehead atoms. The Labute approximate surface area is 74.4 Å². The van der Waals surface area contributed by atoms with E-state index in [2.05, 4.69) is 6.58 Å². The van der Waals surface area contributed by atoms with Gasteiger partial charge in [0.15, 0.2) is 0 Å². The third-order valence-electron chi connectivity index (χ3n) is 2.51. The van der Waals surface area contributed by atoms with Crippen LogP contribution in [0.4, 0.5) is 0 Å². The fourth-order valence-electron chi connectivity index (χ4n) is 1.08. The normalized spacial score (nSPS) is 30.1. The minimum absolute atomic E-state index is 0.456. The number of hydrogen-bond donors (Lipinski definition) is 1. The summed E-state index contributed by atoms with van der Waals surface area (Å²) >= 11 is 0. The molecule has 3 nitrogen and oxygen atoms in total. The Morgan fingerprint density at radius 2 is 1.50 bits per heavy atom. The lowest BCUT2D eigenvalue weighted by Gasteiger charge is -2.31. The Hall–Kier alpha value is -0.163. The van der Waals surface area contributed by atoms with Crippen LogP contribution in [-0.4, -0.2) is 24.8 Å². The molecule has 1 saturated heterocycles. The van der Waals surface area contributed by atoms with Gasteiger partial charge in [-0.15, -0.1) is 0 Å². The van der Waals surface area contributed by atoms with Gasteiger partial charge in [-0.1, -0.05) is 6.58 Å². The number of hydrogen-bond acceptors (Lipinski definition) is 3. The SMILES string of the molecule is C=C[Si]1(O)OC(C)(C)C(C)(C)O1. The van der Waals surface area contributed by atoms with Gasteiger partial charge in [-0.2, -0.15) is 0 Å². The van der Waals surface area contributed by atoms with Crippen molar-refractivity contribution in [1.82, 2.24) is 0 Å². The zero-order chi connectivity index (χ0) is 9.62. The molecule has 1 N–H and O–H groups in total. The molecule has 0 amide bonds. The summed E-state index contributed by atoms with van der Waals surface area (Å²) in [5.74, 6) is 0. The van der Waals surface area contributed by atoms with Gasteiger partial charge in [0.25, 0.3) is 0 Å². The van der Waals surface area contributed by atoms with Crippen LogP contribution in [0.2, 0.25) is 0 Å². The van der Waals surface area contributed by atoms with Crippen molar-refractivity contribution < 1.29 is 13.6 Å². The average Bonchev–Trinajstić information content (AvgIpc) is 1.99. The van der Waals surface area contributed by atoms with Crippen molar-refractivity contribution in [2.24, 2.45) is 0 Å². The fourth-order valence-corrected chi connectivity index (χ4v) is 3.24. The Bertz CT molecular complexity index is 194. The molecule has 0 saturated carbocycles. The van der Waals surface area contributed by atoms with Gasteiger partial charge in [-0.05, 0) is 33.4 Å². The molecular weight excluding hydrogens is 172 g/mol. The predicted molar refractivity (Wildman–Crippen MR) is 48.5 cm³/mol. The number of rotatable bonds is 1. The highest BCUT2D eigenvalue weighted by Crippen LogP contribution is 2.40. The van der Waals surface area contributed by atoms with Crippen LogP contribution in [0, 0.1) is 0 Å². The standard InChI is InChI=1S/C8H16O3Si/c1-6-12(9)10-7(2,3)8(4,5)11-12/h6,9H,1H2,2-5H3. The van der Waals surface area contributed by atoms with Gasteiger partial charge in [-0.25, -0.2) is 0 Å². The van der Waals surface area contributed by atoms with Gasteiger partial charge in [0.05, 0.1) is 11.2 Å². The van der Waals surface area contributed by atoms with Gasteiger partial charge >= 0.3 is 8.80 Å². The van der Waals surface area contributed by atoms with Crippen molar-refractivity contribution in [2.45, 2.75) is 38.9 Å². The van der Waals surface area contributed by atoms with Crippen molar-refractivity contribution in [3.05, 3.63) is 12.3 Å². The molecule has 12 heavy (non-hydrogen) atoms. The van der Waals surface area contributed by atoms with Crippen molar-refractivity contribution in [3.8, 4) is 0 Å². The van der Waals surface area contributed by atoms with E-state index in [0.717, 1.165) is 0 Å². The van der Waals surface area contributed by atoms with E-state index < -0.39 is 20.0 Å². The largest absolute Gasteiger partial charge is 0.527 e. The molecule has 0 aromatic rings. The minimum Gasteiger partial charge on any atom is -0.387 e. The van der Waals surface area contributed by atoms with E-state index in [1.165, 1.54) is 5.70 Å². The molecule has 0 aromatic carbocycles. The smallest absolute Gasteiger partial charge is 0.387 e. The second-order valence-electron chi connectivity index (χ2n) is 4.06. The third kappa shape index (κ3) is 1.35. The Morgan fingerprint density at radius 1 is 1.17 bits per heavy atom. The zero-order valence-corrected chi connectivity index (χ0v) is 9.05. The van der Waals surface area contributed by atoms with Crippen LogP contribution in [0.5, 0.6) is 0 Å². The molecule has 0 radical (unpaired) electrons. The van der Waals surface area contributed by atoms with E-state index >= 15 is 0 Å². The maximum absolute atomic E-state index is 9.75. The molecule has 1 aliphatic heterocycles. The molecule has 1 aliphatic rings. The van der Waals surface area contributed by atoms with Gasteiger partial charge in [0.1, 0.15) is 0 Å². The van der Waals surface area contributed by atoms with E-state index in [-0.39, 0.29) is 0 Å². The molecule has 0 unspecified atom stereocenters. The Balaban J connectivity index is 2.95. The first kappa shape index (κ1) is 9.92. The summed E-state index contributed by atoms with van der Waals surface area (Å²) in [7, 11) is -3.07. The highest BCUT2D eigenvalue weighted by atomic mass is 28.4. The summed E-state index contributed by atoms with van der Waals surface area (Å²) in [5.41, 5.74) is 0.480. The van der Waals surface area contributed by atoms with Crippen LogP contribution in [0.1, 0.15) is 27.7 Å². The van der Waals surface area contributed by atoms with Gasteiger partial charge in [0, 0.05) is 0 Å². The summed E-state index contributed by atoms with van der Waals surface area (Å²) in [4.78, 5) is 9.75. The molecule has 4 heteroatoms. The fraction of sp³-hybridized carbons (Fsp3) is 0.750. The van der Waals surface area contributed by atoms with Gasteiger partial charge in [0.2, 0.25) is 0 Å². The molecule has 1 rings (SSSR count). The summed E-state index contributed by atoms with van der Waals surface area (Å²) in [6.07, 6.45) is 0. The summed E-state index contributed by atoms with van der Waals surface area (Å²) in [5, 5.41) is 0. The third-order valence-corrected chi connectivity index (χ3v) is 4.63. The maximum atomic E-state index is 9.75. The maximum Gasteiger partial charge on any atom is 0.527 e. The Morgan fingerprint density at radius 3 is 1.67 bits per heavy atom. The van der Waals surface area contributed by atoms with Crippen LogP contribution in [0.25, 0.3) is 0 Å². The lowest BCUT2D eigenvalue weighted by molar-refractivity contribution is 0.00578. The van der Waals surface area contributed by atoms with Crippen LogP contribution < -0.4 is 0 Å². The molecular formula is C8H16O3Si. The van der Waals surface area contributed by atoms with E-state index in [4.69, 9.17) is 8.85 Å². The van der Waals surface area contributed by atoms with Crippen molar-refractivity contribution in [2.75, 3.05) is 0 Å². The van der Waals surface area contributed by atoms with Crippen molar-refractivity contribution in [1.29, 1.82) is 0 Å². The van der Waals surface area contributed by atoms with Gasteiger partial charge < -0.3 is 13.6 Å². The first-order valence-electron chi connectivity index (χ1n) is 3.99. The molecule has 0 spiro atoms. The van der Waals surface area contributed by atoms with Crippen LogP contribution >= 0.6 is 0 Å². The molecule has 0 aliphatic carbocycles. The molecule has 0 atom stereocenters. The van der Waals surface area contributed by atoms with Gasteiger partial charge in [-0.3, -0.25) is 0 Å². The quantitative estimate of drug-likeness (QED) is 0.629. The highest BCUT2D eigenvalue weighted by Gasteiger charge is 2.58. The van der Waals surface area contributed by atoms with Crippen molar-refractivity contribution in [3.63, 3.8) is 0 Å². The Kier molecular flexibility index (Phi) is 2.00. The lowest BCUT2D eigenvalue weighted by atomic mass is 9.90. The second-order valence-corrected chi connectivity index (χ2v) is 6.14. The first-order valence-corrected chi connectivity index (χ1v) is 5.83. The van der Waals surface area contributed by atoms with Crippen molar-refractivity contribution >= 4 is 8.80 Å². The van der Waals surface area contributed by atoms with Crippen LogP contribution in [-0.2, 0) is 8.85 Å². The lowest BCUT2D eigenvalue weighted by Crippen LogP contribution is -2.41. The van der Waals surface area contributed by atoms with E-state index in [1.54, 1.807) is 0 Å². The average molecular weight is 188 g/mol. The van der Waals surface area contributed by atoms with E-state index in [9.17, 15) is 4.80 Å². The van der Waals surface area contributed by atoms with E-state index in [0.29, 0.717) is 0 Å². The summed E-state index contributed by atoms with van der Waals surface area (Å²) < 4.78 is 10.9.